The predicted molar refractivity (Wildman–Crippen MR) is 70.0 cm³/mol. The van der Waals surface area contributed by atoms with Crippen LogP contribution in [0.2, 0.25) is 0 Å². The van der Waals surface area contributed by atoms with Gasteiger partial charge in [-0.25, -0.2) is 0 Å². The Morgan fingerprint density at radius 2 is 2.07 bits per heavy atom. The molecule has 0 saturated heterocycles. The fraction of sp³-hybridized carbons (Fsp3) is 0.727. The summed E-state index contributed by atoms with van der Waals surface area (Å²) in [5.41, 5.74) is 0. The van der Waals surface area contributed by atoms with E-state index in [2.05, 4.69) is 19.1 Å². The molecule has 0 saturated carbocycles. The molecule has 0 radical (unpaired) electrons. The third-order valence-electron chi connectivity index (χ3n) is 1.70. The van der Waals surface area contributed by atoms with Gasteiger partial charge in [0.1, 0.15) is 0 Å². The van der Waals surface area contributed by atoms with E-state index >= 15 is 0 Å². The van der Waals surface area contributed by atoms with Crippen LogP contribution < -0.4 is 0 Å². The summed E-state index contributed by atoms with van der Waals surface area (Å²) in [6, 6.07) is 0. The van der Waals surface area contributed by atoms with Gasteiger partial charge in [0.25, 0.3) is 0 Å². The third kappa shape index (κ3) is 10.1. The molecule has 0 unspecified atom stereocenters. The molecule has 0 aromatic carbocycles. The Morgan fingerprint density at radius 1 is 1.29 bits per heavy atom. The lowest BCUT2D eigenvalue weighted by Crippen LogP contribution is -1.95. The van der Waals surface area contributed by atoms with E-state index < -0.39 is 0 Å². The predicted octanol–water partition coefficient (Wildman–Crippen LogP) is 4.18. The van der Waals surface area contributed by atoms with Gasteiger partial charge in [0.15, 0.2) is 0 Å². The van der Waals surface area contributed by atoms with Gasteiger partial charge in [-0.1, -0.05) is 43.7 Å². The van der Waals surface area contributed by atoms with Crippen molar-refractivity contribution in [1.29, 1.82) is 0 Å². The molecule has 0 fully saturated rings. The molecule has 1 nitrogen and oxygen atoms in total. The van der Waals surface area contributed by atoms with Gasteiger partial charge in [-0.05, 0) is 32.0 Å². The van der Waals surface area contributed by atoms with Crippen LogP contribution in [0.3, 0.4) is 0 Å². The van der Waals surface area contributed by atoms with E-state index in [0.717, 1.165) is 5.75 Å². The Balaban J connectivity index is 3.21. The fourth-order valence-electron chi connectivity index (χ4n) is 0.974. The van der Waals surface area contributed by atoms with Crippen LogP contribution in [0.15, 0.2) is 12.2 Å². The average Bonchev–Trinajstić information content (AvgIpc) is 2.17. The molecule has 0 aliphatic heterocycles. The summed E-state index contributed by atoms with van der Waals surface area (Å²) in [6.45, 7) is 4.85. The van der Waals surface area contributed by atoms with E-state index in [4.69, 9.17) is 17.0 Å². The van der Waals surface area contributed by atoms with E-state index in [0.29, 0.717) is 11.0 Å². The van der Waals surface area contributed by atoms with Gasteiger partial charge >= 0.3 is 0 Å². The first-order valence-corrected chi connectivity index (χ1v) is 6.65. The molecule has 0 amide bonds. The number of thiocarbonyl (C=S) groups is 1. The molecule has 0 aromatic rings. The Kier molecular flexibility index (Phi) is 11.0. The number of rotatable bonds is 7. The topological polar surface area (TPSA) is 9.23 Å². The normalized spacial score (nSPS) is 10.7. The molecule has 0 aliphatic carbocycles. The minimum absolute atomic E-state index is 0.658. The van der Waals surface area contributed by atoms with Crippen LogP contribution in [0.25, 0.3) is 0 Å². The van der Waals surface area contributed by atoms with Crippen molar-refractivity contribution in [3.63, 3.8) is 0 Å². The number of allylic oxidation sites excluding steroid dienone is 1. The summed E-state index contributed by atoms with van der Waals surface area (Å²) in [7, 11) is 0. The summed E-state index contributed by atoms with van der Waals surface area (Å²) >= 11 is 6.57. The number of hydrogen-bond donors (Lipinski definition) is 0. The van der Waals surface area contributed by atoms with Gasteiger partial charge in [0.2, 0.25) is 4.38 Å². The summed E-state index contributed by atoms with van der Waals surface area (Å²) in [5.74, 6) is 0.935. The van der Waals surface area contributed by atoms with E-state index in [1.165, 1.54) is 25.7 Å². The first kappa shape index (κ1) is 14.0. The van der Waals surface area contributed by atoms with E-state index in [9.17, 15) is 0 Å². The van der Waals surface area contributed by atoms with E-state index in [-0.39, 0.29) is 0 Å². The Morgan fingerprint density at radius 3 is 2.71 bits per heavy atom. The highest BCUT2D eigenvalue weighted by atomic mass is 32.2. The molecule has 0 aliphatic rings. The van der Waals surface area contributed by atoms with Crippen molar-refractivity contribution in [1.82, 2.24) is 0 Å². The van der Waals surface area contributed by atoms with Crippen LogP contribution in [0.5, 0.6) is 0 Å². The molecule has 0 bridgehead atoms. The highest BCUT2D eigenvalue weighted by molar-refractivity contribution is 8.22. The summed E-state index contributed by atoms with van der Waals surface area (Å²) in [6.07, 6.45) is 9.51. The Hall–Kier alpha value is -0.0200. The molecule has 0 spiro atoms. The zero-order chi connectivity index (χ0) is 10.6. The van der Waals surface area contributed by atoms with Gasteiger partial charge < -0.3 is 4.74 Å². The number of ether oxygens (including phenoxy) is 1. The standard InChI is InChI=1S/C11H20OS2/c1-3-5-6-7-8-9-10-14-11(13)12-4-2/h8-9H,3-7,10H2,1-2H3. The minimum atomic E-state index is 0.658. The van der Waals surface area contributed by atoms with Crippen molar-refractivity contribution < 1.29 is 4.74 Å². The summed E-state index contributed by atoms with van der Waals surface area (Å²) < 4.78 is 5.81. The van der Waals surface area contributed by atoms with Gasteiger partial charge in [0, 0.05) is 5.75 Å². The summed E-state index contributed by atoms with van der Waals surface area (Å²) in [4.78, 5) is 0. The molecule has 0 atom stereocenters. The van der Waals surface area contributed by atoms with Crippen molar-refractivity contribution in [2.24, 2.45) is 0 Å². The lowest BCUT2D eigenvalue weighted by Gasteiger charge is -2.00. The van der Waals surface area contributed by atoms with Gasteiger partial charge in [-0.2, -0.15) is 0 Å². The maximum absolute atomic E-state index is 5.15. The zero-order valence-corrected chi connectivity index (χ0v) is 10.8. The molecular formula is C11H20OS2. The molecule has 0 heterocycles. The van der Waals surface area contributed by atoms with Crippen LogP contribution >= 0.6 is 24.0 Å². The van der Waals surface area contributed by atoms with Crippen LogP contribution in [0.4, 0.5) is 0 Å². The Labute approximate surface area is 97.3 Å². The quantitative estimate of drug-likeness (QED) is 0.370. The maximum Gasteiger partial charge on any atom is 0.220 e. The molecular weight excluding hydrogens is 212 g/mol. The van der Waals surface area contributed by atoms with Crippen LogP contribution in [0, 0.1) is 0 Å². The largest absolute Gasteiger partial charge is 0.479 e. The first-order chi connectivity index (χ1) is 6.81. The zero-order valence-electron chi connectivity index (χ0n) is 9.12. The highest BCUT2D eigenvalue weighted by Crippen LogP contribution is 2.07. The van der Waals surface area contributed by atoms with E-state index in [1.54, 1.807) is 11.8 Å². The van der Waals surface area contributed by atoms with E-state index in [1.807, 2.05) is 6.92 Å². The second-order valence-electron chi connectivity index (χ2n) is 2.96. The number of unbranched alkanes of at least 4 members (excludes halogenated alkanes) is 3. The molecule has 14 heavy (non-hydrogen) atoms. The SMILES string of the molecule is CCCCCC=CCSC(=S)OCC. The highest BCUT2D eigenvalue weighted by Gasteiger charge is 1.93. The number of thioether (sulfide) groups is 1. The molecule has 0 rings (SSSR count). The smallest absolute Gasteiger partial charge is 0.220 e. The number of hydrogen-bond acceptors (Lipinski definition) is 3. The lowest BCUT2D eigenvalue weighted by molar-refractivity contribution is 0.346. The lowest BCUT2D eigenvalue weighted by atomic mass is 10.2. The van der Waals surface area contributed by atoms with Crippen LogP contribution in [-0.4, -0.2) is 16.7 Å². The maximum atomic E-state index is 5.15. The molecule has 0 N–H and O–H groups in total. The van der Waals surface area contributed by atoms with Crippen molar-refractivity contribution in [2.75, 3.05) is 12.4 Å². The van der Waals surface area contributed by atoms with Crippen molar-refractivity contribution in [3.05, 3.63) is 12.2 Å². The van der Waals surface area contributed by atoms with Gasteiger partial charge in [-0.15, -0.1) is 0 Å². The monoisotopic (exact) mass is 232 g/mol. The minimum Gasteiger partial charge on any atom is -0.479 e. The molecule has 3 heteroatoms. The second kappa shape index (κ2) is 11.1. The molecule has 0 aromatic heterocycles. The third-order valence-corrected chi connectivity index (χ3v) is 2.88. The van der Waals surface area contributed by atoms with Crippen molar-refractivity contribution in [3.8, 4) is 0 Å². The molecule has 82 valence electrons. The average molecular weight is 232 g/mol. The fourth-order valence-corrected chi connectivity index (χ4v) is 1.87. The van der Waals surface area contributed by atoms with Gasteiger partial charge in [0.05, 0.1) is 6.61 Å². The van der Waals surface area contributed by atoms with Gasteiger partial charge in [-0.3, -0.25) is 0 Å². The van der Waals surface area contributed by atoms with Crippen LogP contribution in [0.1, 0.15) is 39.5 Å². The second-order valence-corrected chi connectivity index (χ2v) is 4.58. The Bertz CT molecular complexity index is 167. The van der Waals surface area contributed by atoms with Crippen LogP contribution in [-0.2, 0) is 4.74 Å². The van der Waals surface area contributed by atoms with Crippen molar-refractivity contribution in [2.45, 2.75) is 39.5 Å². The first-order valence-electron chi connectivity index (χ1n) is 5.25. The van der Waals surface area contributed by atoms with Crippen molar-refractivity contribution >= 4 is 28.4 Å². The summed E-state index contributed by atoms with van der Waals surface area (Å²) in [5, 5.41) is 0.